The monoisotopic (exact) mass is 628 g/mol. The predicted molar refractivity (Wildman–Crippen MR) is 161 cm³/mol. The number of ether oxygens (including phenoxy) is 4. The van der Waals surface area contributed by atoms with Gasteiger partial charge >= 0.3 is 17.9 Å². The minimum atomic E-state index is -0.703. The third kappa shape index (κ3) is 5.15. The van der Waals surface area contributed by atoms with Crippen LogP contribution in [0.1, 0.15) is 86.4 Å². The number of cyclic esters (lactones) is 1. The van der Waals surface area contributed by atoms with Crippen molar-refractivity contribution < 1.29 is 33.3 Å². The van der Waals surface area contributed by atoms with E-state index in [4.69, 9.17) is 42.1 Å². The Kier molecular flexibility index (Phi) is 7.84. The lowest BCUT2D eigenvalue weighted by Gasteiger charge is -2.65. The maximum Gasteiger partial charge on any atom is 0.338 e. The maximum atomic E-state index is 13.4. The highest BCUT2D eigenvalue weighted by Gasteiger charge is 2.70. The van der Waals surface area contributed by atoms with Gasteiger partial charge in [-0.3, -0.25) is 4.79 Å². The van der Waals surface area contributed by atoms with Crippen LogP contribution in [0.15, 0.2) is 48.5 Å². The molecule has 6 rings (SSSR count). The van der Waals surface area contributed by atoms with Crippen molar-refractivity contribution in [3.05, 3.63) is 69.7 Å². The summed E-state index contributed by atoms with van der Waals surface area (Å²) < 4.78 is 24.8. The van der Waals surface area contributed by atoms with Crippen LogP contribution in [0.5, 0.6) is 0 Å². The van der Waals surface area contributed by atoms with Crippen molar-refractivity contribution in [2.45, 2.75) is 83.0 Å². The molecule has 2 aliphatic carbocycles. The molecule has 7 unspecified atom stereocenters. The van der Waals surface area contributed by atoms with Gasteiger partial charge in [0.15, 0.2) is 0 Å². The van der Waals surface area contributed by atoms with Gasteiger partial charge in [0.1, 0.15) is 24.9 Å². The van der Waals surface area contributed by atoms with Gasteiger partial charge in [-0.1, -0.05) is 44.0 Å². The van der Waals surface area contributed by atoms with Crippen molar-refractivity contribution in [1.82, 2.24) is 0 Å². The highest BCUT2D eigenvalue weighted by Crippen LogP contribution is 2.68. The van der Waals surface area contributed by atoms with Gasteiger partial charge in [-0.05, 0) is 98.9 Å². The van der Waals surface area contributed by atoms with E-state index in [2.05, 4.69) is 20.8 Å². The average Bonchev–Trinajstić information content (AvgIpc) is 3.55. The van der Waals surface area contributed by atoms with E-state index >= 15 is 0 Å². The number of rotatable bonds is 5. The van der Waals surface area contributed by atoms with Crippen molar-refractivity contribution in [3.63, 3.8) is 0 Å². The molecule has 2 heterocycles. The summed E-state index contributed by atoms with van der Waals surface area (Å²) in [4.78, 5) is 38.8. The van der Waals surface area contributed by atoms with E-state index in [1.807, 2.05) is 0 Å². The Hall–Kier alpha value is -2.61. The number of benzene rings is 2. The van der Waals surface area contributed by atoms with Crippen LogP contribution in [0.25, 0.3) is 0 Å². The van der Waals surface area contributed by atoms with Gasteiger partial charge in [-0.15, -0.1) is 0 Å². The SMILES string of the molecule is CC1CCC2C(C)(COC(=O)c3ccc(Cl)cc3)C(OC(=O)c3ccc(Cl)cc3)CCC2(C)C12CCC1(COC(=O)C1)O2. The van der Waals surface area contributed by atoms with Crippen LogP contribution in [0.3, 0.4) is 0 Å². The van der Waals surface area contributed by atoms with E-state index in [0.717, 1.165) is 32.1 Å². The summed E-state index contributed by atoms with van der Waals surface area (Å²) in [6, 6.07) is 13.2. The topological polar surface area (TPSA) is 88.1 Å². The van der Waals surface area contributed by atoms with Crippen LogP contribution >= 0.6 is 23.2 Å². The largest absolute Gasteiger partial charge is 0.463 e. The molecule has 43 heavy (non-hydrogen) atoms. The molecule has 2 aromatic carbocycles. The van der Waals surface area contributed by atoms with Gasteiger partial charge < -0.3 is 18.9 Å². The van der Waals surface area contributed by atoms with Gasteiger partial charge in [0, 0.05) is 20.9 Å². The van der Waals surface area contributed by atoms with Crippen LogP contribution in [0, 0.1) is 22.7 Å². The normalized spacial score (nSPS) is 36.8. The summed E-state index contributed by atoms with van der Waals surface area (Å²) in [6.07, 6.45) is 4.51. The van der Waals surface area contributed by atoms with E-state index in [1.165, 1.54) is 0 Å². The highest BCUT2D eigenvalue weighted by atomic mass is 35.5. The summed E-state index contributed by atoms with van der Waals surface area (Å²) in [5.74, 6) is -0.822. The van der Waals surface area contributed by atoms with Crippen LogP contribution < -0.4 is 0 Å². The molecule has 2 aliphatic heterocycles. The Bertz CT molecular complexity index is 1410. The number of esters is 3. The van der Waals surface area contributed by atoms with Crippen molar-refractivity contribution >= 4 is 41.1 Å². The number of carbonyl (C=O) groups is 3. The average molecular weight is 630 g/mol. The van der Waals surface area contributed by atoms with Gasteiger partial charge in [-0.2, -0.15) is 0 Å². The minimum absolute atomic E-state index is 0.0131. The molecule has 230 valence electrons. The molecule has 7 nitrogen and oxygen atoms in total. The molecular formula is C34H38Cl2O7. The zero-order valence-electron chi connectivity index (χ0n) is 24.8. The van der Waals surface area contributed by atoms with Gasteiger partial charge in [-0.25, -0.2) is 9.59 Å². The molecule has 2 saturated carbocycles. The molecule has 0 N–H and O–H groups in total. The molecule has 0 bridgehead atoms. The van der Waals surface area contributed by atoms with Crippen LogP contribution in [-0.4, -0.2) is 48.4 Å². The summed E-state index contributed by atoms with van der Waals surface area (Å²) >= 11 is 12.1. The number of hydrogen-bond acceptors (Lipinski definition) is 7. The van der Waals surface area contributed by atoms with Crippen molar-refractivity contribution in [3.8, 4) is 0 Å². The molecule has 2 aromatic rings. The first-order chi connectivity index (χ1) is 20.4. The van der Waals surface area contributed by atoms with E-state index in [9.17, 15) is 14.4 Å². The number of fused-ring (bicyclic) bond motifs is 2. The Labute approximate surface area is 262 Å². The first-order valence-electron chi connectivity index (χ1n) is 15.1. The summed E-state index contributed by atoms with van der Waals surface area (Å²) in [7, 11) is 0. The summed E-state index contributed by atoms with van der Waals surface area (Å²) in [5.41, 5.74) is -1.27. The minimum Gasteiger partial charge on any atom is -0.463 e. The quantitative estimate of drug-likeness (QED) is 0.251. The molecular weight excluding hydrogens is 591 g/mol. The maximum absolute atomic E-state index is 13.4. The van der Waals surface area contributed by atoms with Crippen LogP contribution in [-0.2, 0) is 23.7 Å². The lowest BCUT2D eigenvalue weighted by molar-refractivity contribution is -0.265. The zero-order valence-corrected chi connectivity index (χ0v) is 26.3. The third-order valence-electron chi connectivity index (χ3n) is 11.1. The summed E-state index contributed by atoms with van der Waals surface area (Å²) in [6.45, 7) is 6.99. The molecule has 2 spiro atoms. The first-order valence-corrected chi connectivity index (χ1v) is 15.9. The lowest BCUT2D eigenvalue weighted by atomic mass is 9.43. The Balaban J connectivity index is 1.33. The van der Waals surface area contributed by atoms with E-state index in [0.29, 0.717) is 34.2 Å². The first kappa shape index (κ1) is 30.4. The molecule has 0 amide bonds. The fraction of sp³-hybridized carbons (Fsp3) is 0.559. The van der Waals surface area contributed by atoms with Gasteiger partial charge in [0.2, 0.25) is 0 Å². The second-order valence-electron chi connectivity index (χ2n) is 13.5. The molecule has 2 saturated heterocycles. The molecule has 0 radical (unpaired) electrons. The third-order valence-corrected chi connectivity index (χ3v) is 11.6. The van der Waals surface area contributed by atoms with Gasteiger partial charge in [0.05, 0.1) is 23.1 Å². The van der Waals surface area contributed by atoms with Crippen LogP contribution in [0.4, 0.5) is 0 Å². The van der Waals surface area contributed by atoms with Crippen molar-refractivity contribution in [2.24, 2.45) is 22.7 Å². The molecule has 4 fully saturated rings. The zero-order chi connectivity index (χ0) is 30.6. The van der Waals surface area contributed by atoms with Gasteiger partial charge in [0.25, 0.3) is 0 Å². The Morgan fingerprint density at radius 3 is 2.12 bits per heavy atom. The Morgan fingerprint density at radius 2 is 1.51 bits per heavy atom. The Morgan fingerprint density at radius 1 is 0.884 bits per heavy atom. The fourth-order valence-electron chi connectivity index (χ4n) is 8.77. The number of carbonyl (C=O) groups excluding carboxylic acids is 3. The second-order valence-corrected chi connectivity index (χ2v) is 14.4. The predicted octanol–water partition coefficient (Wildman–Crippen LogP) is 7.46. The van der Waals surface area contributed by atoms with Crippen molar-refractivity contribution in [2.75, 3.05) is 13.2 Å². The lowest BCUT2D eigenvalue weighted by Crippen LogP contribution is -2.67. The molecule has 0 aromatic heterocycles. The number of halogens is 2. The van der Waals surface area contributed by atoms with E-state index in [1.54, 1.807) is 48.5 Å². The standard InChI is InChI=1S/C34H38Cl2O7/c1-21-4-13-26-31(2,19-41-29(38)22-5-9-24(35)10-6-22)27(42-30(39)23-7-11-25(36)12-8-23)14-15-32(26,3)34(21)17-16-33(43-34)18-28(37)40-20-33/h5-12,21,26-27H,4,13-20H2,1-3H3. The van der Waals surface area contributed by atoms with Crippen molar-refractivity contribution in [1.29, 1.82) is 0 Å². The van der Waals surface area contributed by atoms with E-state index in [-0.39, 0.29) is 36.2 Å². The highest BCUT2D eigenvalue weighted by molar-refractivity contribution is 6.31. The second kappa shape index (κ2) is 11.1. The molecule has 4 aliphatic rings. The molecule has 7 atom stereocenters. The van der Waals surface area contributed by atoms with Crippen LogP contribution in [0.2, 0.25) is 10.0 Å². The smallest absolute Gasteiger partial charge is 0.338 e. The van der Waals surface area contributed by atoms with E-state index < -0.39 is 34.7 Å². The number of hydrogen-bond donors (Lipinski definition) is 0. The summed E-state index contributed by atoms with van der Waals surface area (Å²) in [5, 5.41) is 1.07. The fourth-order valence-corrected chi connectivity index (χ4v) is 9.02. The molecule has 9 heteroatoms.